The van der Waals surface area contributed by atoms with Crippen molar-refractivity contribution >= 4 is 0 Å². The Morgan fingerprint density at radius 2 is 1.19 bits per heavy atom. The number of rotatable bonds is 8. The fraction of sp³-hybridized carbons (Fsp3) is 1.00. The van der Waals surface area contributed by atoms with Crippen molar-refractivity contribution in [3.63, 3.8) is 0 Å². The summed E-state index contributed by atoms with van der Waals surface area (Å²) in [5.74, 6) is 0.975. The lowest BCUT2D eigenvalue weighted by Gasteiger charge is -2.26. The van der Waals surface area contributed by atoms with Crippen LogP contribution in [0.4, 0.5) is 0 Å². The number of hydrogen-bond acceptors (Lipinski definition) is 4. The van der Waals surface area contributed by atoms with Gasteiger partial charge in [0, 0.05) is 13.1 Å². The first kappa shape index (κ1) is 17.2. The zero-order valence-corrected chi connectivity index (χ0v) is 13.9. The molecule has 2 rings (SSSR count). The molecule has 0 aromatic carbocycles. The highest BCUT2D eigenvalue weighted by Crippen LogP contribution is 2.27. The molecule has 4 nitrogen and oxygen atoms in total. The summed E-state index contributed by atoms with van der Waals surface area (Å²) in [4.78, 5) is 4.74. The second kappa shape index (κ2) is 8.47. The third-order valence-electron chi connectivity index (χ3n) is 5.41. The van der Waals surface area contributed by atoms with E-state index in [1.54, 1.807) is 0 Å². The molecule has 2 aliphatic carbocycles. The molecule has 4 atom stereocenters. The van der Waals surface area contributed by atoms with Gasteiger partial charge in [-0.2, -0.15) is 0 Å². The molecule has 2 saturated carbocycles. The molecule has 0 aromatic heterocycles. The van der Waals surface area contributed by atoms with Crippen LogP contribution in [-0.2, 0) is 0 Å². The predicted molar refractivity (Wildman–Crippen MR) is 86.3 cm³/mol. The van der Waals surface area contributed by atoms with Gasteiger partial charge in [0.1, 0.15) is 0 Å². The first-order valence-corrected chi connectivity index (χ1v) is 8.79. The molecular weight excluding hydrogens is 264 g/mol. The van der Waals surface area contributed by atoms with Crippen molar-refractivity contribution < 1.29 is 10.2 Å². The second-order valence-electron chi connectivity index (χ2n) is 7.39. The van der Waals surface area contributed by atoms with Crippen LogP contribution in [0.2, 0.25) is 0 Å². The third kappa shape index (κ3) is 5.51. The maximum absolute atomic E-state index is 9.88. The Labute approximate surface area is 130 Å². The van der Waals surface area contributed by atoms with Crippen LogP contribution < -0.4 is 0 Å². The molecule has 0 saturated heterocycles. The lowest BCUT2D eigenvalue weighted by Crippen LogP contribution is -2.34. The van der Waals surface area contributed by atoms with Crippen LogP contribution in [0.15, 0.2) is 0 Å². The molecule has 0 amide bonds. The van der Waals surface area contributed by atoms with Gasteiger partial charge in [0.05, 0.1) is 12.2 Å². The standard InChI is InChI=1S/C17H34N2O2/c1-18(12-14-6-3-8-16(14)20)10-5-11-19(2)13-15-7-4-9-17(15)21/h14-17,20-21H,3-13H2,1-2H3. The van der Waals surface area contributed by atoms with Crippen molar-refractivity contribution in [2.45, 2.75) is 57.2 Å². The summed E-state index contributed by atoms with van der Waals surface area (Å²) in [5.41, 5.74) is 0. The molecule has 0 bridgehead atoms. The van der Waals surface area contributed by atoms with Gasteiger partial charge in [0.15, 0.2) is 0 Å². The van der Waals surface area contributed by atoms with E-state index in [1.807, 2.05) is 0 Å². The summed E-state index contributed by atoms with van der Waals surface area (Å²) in [6, 6.07) is 0. The Bertz CT molecular complexity index is 273. The van der Waals surface area contributed by atoms with Crippen molar-refractivity contribution in [3.8, 4) is 0 Å². The summed E-state index contributed by atoms with van der Waals surface area (Å²) < 4.78 is 0. The molecule has 0 spiro atoms. The molecule has 2 fully saturated rings. The lowest BCUT2D eigenvalue weighted by molar-refractivity contribution is 0.102. The first-order chi connectivity index (χ1) is 10.1. The van der Waals surface area contributed by atoms with E-state index in [4.69, 9.17) is 0 Å². The van der Waals surface area contributed by atoms with Crippen LogP contribution in [0.5, 0.6) is 0 Å². The van der Waals surface area contributed by atoms with Crippen molar-refractivity contribution in [3.05, 3.63) is 0 Å². The zero-order chi connectivity index (χ0) is 15.2. The number of aliphatic hydroxyl groups is 2. The first-order valence-electron chi connectivity index (χ1n) is 8.79. The van der Waals surface area contributed by atoms with Crippen LogP contribution in [0.25, 0.3) is 0 Å². The van der Waals surface area contributed by atoms with Gasteiger partial charge < -0.3 is 20.0 Å². The third-order valence-corrected chi connectivity index (χ3v) is 5.41. The minimum atomic E-state index is -0.0704. The number of nitrogens with zero attached hydrogens (tertiary/aromatic N) is 2. The molecule has 4 heteroatoms. The van der Waals surface area contributed by atoms with Gasteiger partial charge in [0.2, 0.25) is 0 Å². The van der Waals surface area contributed by atoms with E-state index in [2.05, 4.69) is 23.9 Å². The van der Waals surface area contributed by atoms with Gasteiger partial charge in [-0.15, -0.1) is 0 Å². The molecule has 124 valence electrons. The minimum Gasteiger partial charge on any atom is -0.393 e. The molecule has 0 radical (unpaired) electrons. The molecule has 0 aliphatic heterocycles. The normalized spacial score (nSPS) is 33.4. The van der Waals surface area contributed by atoms with Gasteiger partial charge in [-0.05, 0) is 71.1 Å². The number of hydrogen-bond donors (Lipinski definition) is 2. The molecule has 2 N–H and O–H groups in total. The lowest BCUT2D eigenvalue weighted by atomic mass is 10.1. The second-order valence-corrected chi connectivity index (χ2v) is 7.39. The van der Waals surface area contributed by atoms with E-state index in [1.165, 1.54) is 32.1 Å². The smallest absolute Gasteiger partial charge is 0.0580 e. The molecule has 4 unspecified atom stereocenters. The van der Waals surface area contributed by atoms with Crippen LogP contribution in [0, 0.1) is 11.8 Å². The summed E-state index contributed by atoms with van der Waals surface area (Å²) in [6.45, 7) is 4.26. The Kier molecular flexibility index (Phi) is 6.93. The van der Waals surface area contributed by atoms with Crippen LogP contribution in [-0.4, -0.2) is 72.5 Å². The van der Waals surface area contributed by atoms with Crippen LogP contribution >= 0.6 is 0 Å². The van der Waals surface area contributed by atoms with Gasteiger partial charge >= 0.3 is 0 Å². The van der Waals surface area contributed by atoms with Crippen molar-refractivity contribution in [2.75, 3.05) is 40.3 Å². The monoisotopic (exact) mass is 298 g/mol. The average Bonchev–Trinajstić information content (AvgIpc) is 3.00. The predicted octanol–water partition coefficient (Wildman–Crippen LogP) is 1.56. The highest BCUT2D eigenvalue weighted by molar-refractivity contribution is 4.80. The largest absolute Gasteiger partial charge is 0.393 e. The zero-order valence-electron chi connectivity index (χ0n) is 13.9. The SMILES string of the molecule is CN(CCCN(C)CC1CCCC1O)CC1CCCC1O. The Morgan fingerprint density at radius 3 is 1.52 bits per heavy atom. The van der Waals surface area contributed by atoms with Crippen LogP contribution in [0.3, 0.4) is 0 Å². The fourth-order valence-electron chi connectivity index (χ4n) is 4.05. The van der Waals surface area contributed by atoms with Gasteiger partial charge in [-0.1, -0.05) is 12.8 Å². The van der Waals surface area contributed by atoms with Crippen molar-refractivity contribution in [1.82, 2.24) is 9.80 Å². The Hall–Kier alpha value is -0.160. The molecular formula is C17H34N2O2. The molecule has 0 heterocycles. The van der Waals surface area contributed by atoms with E-state index in [-0.39, 0.29) is 12.2 Å². The average molecular weight is 298 g/mol. The Balaban J connectivity index is 1.55. The van der Waals surface area contributed by atoms with E-state index >= 15 is 0 Å². The highest BCUT2D eigenvalue weighted by atomic mass is 16.3. The van der Waals surface area contributed by atoms with Gasteiger partial charge in [-0.3, -0.25) is 0 Å². The molecule has 0 aromatic rings. The summed E-state index contributed by atoms with van der Waals surface area (Å²) in [5, 5.41) is 19.8. The van der Waals surface area contributed by atoms with Crippen molar-refractivity contribution in [1.29, 1.82) is 0 Å². The summed E-state index contributed by atoms with van der Waals surface area (Å²) in [6.07, 6.45) is 7.75. The van der Waals surface area contributed by atoms with Gasteiger partial charge in [-0.25, -0.2) is 0 Å². The minimum absolute atomic E-state index is 0.0704. The van der Waals surface area contributed by atoms with Crippen molar-refractivity contribution in [2.24, 2.45) is 11.8 Å². The van der Waals surface area contributed by atoms with Crippen LogP contribution in [0.1, 0.15) is 44.9 Å². The molecule has 2 aliphatic rings. The quantitative estimate of drug-likeness (QED) is 0.714. The maximum atomic E-state index is 9.88. The fourth-order valence-corrected chi connectivity index (χ4v) is 4.05. The maximum Gasteiger partial charge on any atom is 0.0580 e. The summed E-state index contributed by atoms with van der Waals surface area (Å²) >= 11 is 0. The summed E-state index contributed by atoms with van der Waals surface area (Å²) in [7, 11) is 4.34. The van der Waals surface area contributed by atoms with E-state index in [9.17, 15) is 10.2 Å². The topological polar surface area (TPSA) is 46.9 Å². The Morgan fingerprint density at radius 1 is 0.762 bits per heavy atom. The highest BCUT2D eigenvalue weighted by Gasteiger charge is 2.27. The number of aliphatic hydroxyl groups excluding tert-OH is 2. The van der Waals surface area contributed by atoms with E-state index in [0.717, 1.165) is 39.0 Å². The van der Waals surface area contributed by atoms with Gasteiger partial charge in [0.25, 0.3) is 0 Å². The van der Waals surface area contributed by atoms with E-state index < -0.39 is 0 Å². The molecule has 21 heavy (non-hydrogen) atoms. The van der Waals surface area contributed by atoms with E-state index in [0.29, 0.717) is 11.8 Å².